The van der Waals surface area contributed by atoms with Crippen LogP contribution in [-0.4, -0.2) is 47.2 Å². The Bertz CT molecular complexity index is 696. The molecule has 2 aliphatic rings. The van der Waals surface area contributed by atoms with Crippen LogP contribution in [0, 0.1) is 0 Å². The fourth-order valence-electron chi connectivity index (χ4n) is 3.41. The Morgan fingerprint density at radius 3 is 2.64 bits per heavy atom. The predicted octanol–water partition coefficient (Wildman–Crippen LogP) is 2.44. The highest BCUT2D eigenvalue weighted by Crippen LogP contribution is 2.32. The van der Waals surface area contributed by atoms with Crippen LogP contribution in [0.1, 0.15) is 24.3 Å². The van der Waals surface area contributed by atoms with Crippen molar-refractivity contribution >= 4 is 28.5 Å². The third-order valence-electron chi connectivity index (χ3n) is 4.83. The van der Waals surface area contributed by atoms with Gasteiger partial charge in [-0.2, -0.15) is 0 Å². The van der Waals surface area contributed by atoms with E-state index in [4.69, 9.17) is 22.1 Å². The lowest BCUT2D eigenvalue weighted by atomic mass is 9.88. The third kappa shape index (κ3) is 2.53. The number of nitrogen functional groups attached to an aromatic ring is 1. The van der Waals surface area contributed by atoms with E-state index in [2.05, 4.69) is 27.0 Å². The predicted molar refractivity (Wildman–Crippen MR) is 87.1 cm³/mol. The van der Waals surface area contributed by atoms with Crippen LogP contribution in [0.15, 0.2) is 18.2 Å². The number of ether oxygens (including phenoxy) is 1. The summed E-state index contributed by atoms with van der Waals surface area (Å²) < 4.78 is 5.29. The average Bonchev–Trinajstić information content (AvgIpc) is 2.45. The van der Waals surface area contributed by atoms with E-state index in [0.717, 1.165) is 37.2 Å². The van der Waals surface area contributed by atoms with Crippen molar-refractivity contribution in [3.63, 3.8) is 0 Å². The number of halogens is 1. The second-order valence-electron chi connectivity index (χ2n) is 6.15. The molecule has 3 heterocycles. The maximum Gasteiger partial charge on any atom is 0.222 e. The third-order valence-corrected chi connectivity index (χ3v) is 5.12. The molecular formula is C16H19ClN4O. The Hall–Kier alpha value is -1.43. The van der Waals surface area contributed by atoms with Crippen LogP contribution in [0.2, 0.25) is 5.15 Å². The first-order valence-corrected chi connectivity index (χ1v) is 8.13. The second-order valence-corrected chi connectivity index (χ2v) is 6.51. The van der Waals surface area contributed by atoms with Crippen LogP contribution >= 0.6 is 11.6 Å². The zero-order chi connectivity index (χ0) is 15.1. The lowest BCUT2D eigenvalue weighted by molar-refractivity contribution is -0.0712. The smallest absolute Gasteiger partial charge is 0.222 e. The summed E-state index contributed by atoms with van der Waals surface area (Å²) in [5, 5.41) is 1.29. The summed E-state index contributed by atoms with van der Waals surface area (Å²) in [4.78, 5) is 10.9. The zero-order valence-electron chi connectivity index (χ0n) is 12.3. The Labute approximate surface area is 134 Å². The average molecular weight is 319 g/mol. The van der Waals surface area contributed by atoms with Gasteiger partial charge in [-0.3, -0.25) is 4.90 Å². The molecule has 0 atom stereocenters. The molecule has 22 heavy (non-hydrogen) atoms. The molecule has 6 heteroatoms. The molecule has 2 aliphatic heterocycles. The normalized spacial score (nSPS) is 21.1. The number of nitrogens with two attached hydrogens (primary N) is 1. The molecule has 2 saturated heterocycles. The lowest BCUT2D eigenvalue weighted by Crippen LogP contribution is -2.51. The van der Waals surface area contributed by atoms with Crippen LogP contribution in [0.4, 0.5) is 5.95 Å². The SMILES string of the molecule is Nc1nc(Cl)c2ccc(C3CCN(C4COC4)CC3)cc2n1. The maximum atomic E-state index is 6.13. The van der Waals surface area contributed by atoms with E-state index in [9.17, 15) is 0 Å². The largest absolute Gasteiger partial charge is 0.378 e. The molecule has 2 N–H and O–H groups in total. The van der Waals surface area contributed by atoms with E-state index < -0.39 is 0 Å². The summed E-state index contributed by atoms with van der Waals surface area (Å²) in [5.41, 5.74) is 7.86. The van der Waals surface area contributed by atoms with Gasteiger partial charge in [0, 0.05) is 5.39 Å². The number of fused-ring (bicyclic) bond motifs is 1. The minimum absolute atomic E-state index is 0.231. The molecule has 0 spiro atoms. The Morgan fingerprint density at radius 2 is 1.95 bits per heavy atom. The first-order valence-electron chi connectivity index (χ1n) is 7.75. The first kappa shape index (κ1) is 14.2. The van der Waals surface area contributed by atoms with Gasteiger partial charge in [0.25, 0.3) is 0 Å². The summed E-state index contributed by atoms with van der Waals surface area (Å²) >= 11 is 6.13. The van der Waals surface area contributed by atoms with Crippen LogP contribution < -0.4 is 5.73 Å². The van der Waals surface area contributed by atoms with Gasteiger partial charge in [0.2, 0.25) is 5.95 Å². The summed E-state index contributed by atoms with van der Waals surface area (Å²) in [6.45, 7) is 4.08. The molecule has 2 aromatic rings. The van der Waals surface area contributed by atoms with E-state index in [1.807, 2.05) is 6.07 Å². The molecule has 5 nitrogen and oxygen atoms in total. The molecule has 0 saturated carbocycles. The van der Waals surface area contributed by atoms with Gasteiger partial charge in [-0.05, 0) is 49.5 Å². The molecule has 0 unspecified atom stereocenters. The number of piperidine rings is 1. The molecule has 2 fully saturated rings. The fraction of sp³-hybridized carbons (Fsp3) is 0.500. The van der Waals surface area contributed by atoms with E-state index in [1.165, 1.54) is 18.4 Å². The van der Waals surface area contributed by atoms with Crippen molar-refractivity contribution in [1.29, 1.82) is 0 Å². The highest BCUT2D eigenvalue weighted by Gasteiger charge is 2.30. The van der Waals surface area contributed by atoms with Crippen molar-refractivity contribution < 1.29 is 4.74 Å². The van der Waals surface area contributed by atoms with Gasteiger partial charge >= 0.3 is 0 Å². The van der Waals surface area contributed by atoms with Crippen LogP contribution in [-0.2, 0) is 4.74 Å². The molecule has 0 radical (unpaired) electrons. The van der Waals surface area contributed by atoms with Crippen LogP contribution in [0.3, 0.4) is 0 Å². The maximum absolute atomic E-state index is 6.13. The second kappa shape index (κ2) is 5.65. The Balaban J connectivity index is 1.54. The van der Waals surface area contributed by atoms with E-state index >= 15 is 0 Å². The van der Waals surface area contributed by atoms with Crippen molar-refractivity contribution in [3.8, 4) is 0 Å². The van der Waals surface area contributed by atoms with E-state index in [0.29, 0.717) is 17.1 Å². The van der Waals surface area contributed by atoms with Crippen molar-refractivity contribution in [3.05, 3.63) is 28.9 Å². The number of benzene rings is 1. The summed E-state index contributed by atoms with van der Waals surface area (Å²) in [6, 6.07) is 6.93. The van der Waals surface area contributed by atoms with Gasteiger partial charge in [0.15, 0.2) is 0 Å². The lowest BCUT2D eigenvalue weighted by Gasteiger charge is -2.41. The van der Waals surface area contributed by atoms with Gasteiger partial charge in [-0.1, -0.05) is 17.7 Å². The number of likely N-dealkylation sites (tertiary alicyclic amines) is 1. The van der Waals surface area contributed by atoms with Crippen LogP contribution in [0.5, 0.6) is 0 Å². The molecule has 0 bridgehead atoms. The minimum atomic E-state index is 0.231. The monoisotopic (exact) mass is 318 g/mol. The van der Waals surface area contributed by atoms with E-state index in [-0.39, 0.29) is 5.95 Å². The highest BCUT2D eigenvalue weighted by molar-refractivity contribution is 6.34. The summed E-state index contributed by atoms with van der Waals surface area (Å²) in [7, 11) is 0. The molecule has 116 valence electrons. The van der Waals surface area contributed by atoms with Gasteiger partial charge < -0.3 is 10.5 Å². The molecule has 0 aliphatic carbocycles. The fourth-order valence-corrected chi connectivity index (χ4v) is 3.66. The van der Waals surface area contributed by atoms with Gasteiger partial charge in [0.05, 0.1) is 24.8 Å². The highest BCUT2D eigenvalue weighted by atomic mass is 35.5. The molecule has 0 amide bonds. The van der Waals surface area contributed by atoms with Crippen molar-refractivity contribution in [2.45, 2.75) is 24.8 Å². The summed E-state index contributed by atoms with van der Waals surface area (Å²) in [6.07, 6.45) is 2.35. The topological polar surface area (TPSA) is 64.3 Å². The number of aromatic nitrogens is 2. The van der Waals surface area contributed by atoms with Crippen molar-refractivity contribution in [2.75, 3.05) is 32.0 Å². The number of anilines is 1. The Kier molecular flexibility index (Phi) is 3.64. The van der Waals surface area contributed by atoms with Crippen molar-refractivity contribution in [1.82, 2.24) is 14.9 Å². The molecule has 1 aromatic carbocycles. The van der Waals surface area contributed by atoms with Crippen molar-refractivity contribution in [2.24, 2.45) is 0 Å². The molecular weight excluding hydrogens is 300 g/mol. The number of rotatable bonds is 2. The Morgan fingerprint density at radius 1 is 1.18 bits per heavy atom. The minimum Gasteiger partial charge on any atom is -0.378 e. The molecule has 4 rings (SSSR count). The van der Waals surface area contributed by atoms with Gasteiger partial charge in [-0.15, -0.1) is 0 Å². The van der Waals surface area contributed by atoms with Gasteiger partial charge in [-0.25, -0.2) is 9.97 Å². The standard InChI is InChI=1S/C16H19ClN4O/c17-15-13-2-1-11(7-14(13)19-16(18)20-15)10-3-5-21(6-4-10)12-8-22-9-12/h1-2,7,10,12H,3-6,8-9H2,(H2,18,19,20). The molecule has 1 aromatic heterocycles. The zero-order valence-corrected chi connectivity index (χ0v) is 13.1. The number of nitrogens with zero attached hydrogens (tertiary/aromatic N) is 3. The number of hydrogen-bond donors (Lipinski definition) is 1. The van der Waals surface area contributed by atoms with Crippen LogP contribution in [0.25, 0.3) is 10.9 Å². The van der Waals surface area contributed by atoms with E-state index in [1.54, 1.807) is 0 Å². The quantitative estimate of drug-likeness (QED) is 0.862. The number of hydrogen-bond acceptors (Lipinski definition) is 5. The summed E-state index contributed by atoms with van der Waals surface area (Å²) in [5.74, 6) is 0.811. The first-order chi connectivity index (χ1) is 10.7. The van der Waals surface area contributed by atoms with Gasteiger partial charge in [0.1, 0.15) is 5.15 Å².